The second-order valence-electron chi connectivity index (χ2n) is 9.46. The molecule has 12 heteroatoms. The van der Waals surface area contributed by atoms with Crippen molar-refractivity contribution in [2.24, 2.45) is 0 Å². The molecule has 2 fully saturated rings. The van der Waals surface area contributed by atoms with Crippen molar-refractivity contribution in [1.82, 2.24) is 9.97 Å². The lowest BCUT2D eigenvalue weighted by Gasteiger charge is -2.33. The first-order chi connectivity index (χ1) is 18.3. The minimum atomic E-state index is -4.82. The molecule has 1 amide bonds. The molecule has 0 aliphatic carbocycles. The Morgan fingerprint density at radius 2 is 1.74 bits per heavy atom. The van der Waals surface area contributed by atoms with Crippen LogP contribution in [-0.4, -0.2) is 48.1 Å². The smallest absolute Gasteiger partial charge is 0.417 e. The van der Waals surface area contributed by atoms with Crippen molar-refractivity contribution in [2.45, 2.75) is 44.3 Å². The predicted octanol–water partition coefficient (Wildman–Crippen LogP) is 6.07. The molecule has 0 unspecified atom stereocenters. The highest BCUT2D eigenvalue weighted by Crippen LogP contribution is 2.35. The van der Waals surface area contributed by atoms with Gasteiger partial charge in [-0.1, -0.05) is 23.7 Å². The fourth-order valence-corrected chi connectivity index (χ4v) is 4.95. The third-order valence-electron chi connectivity index (χ3n) is 6.78. The average molecular weight is 549 g/mol. The van der Waals surface area contributed by atoms with Crippen molar-refractivity contribution in [2.75, 3.05) is 46.6 Å². The molecular weight excluding hydrogens is 521 g/mol. The van der Waals surface area contributed by atoms with Gasteiger partial charge in [0.1, 0.15) is 5.82 Å². The van der Waals surface area contributed by atoms with Gasteiger partial charge in [0.05, 0.1) is 22.6 Å². The normalized spacial score (nSPS) is 16.9. The highest BCUT2D eigenvalue weighted by molar-refractivity contribution is 6.33. The first-order valence-corrected chi connectivity index (χ1v) is 13.0. The van der Waals surface area contributed by atoms with Crippen molar-refractivity contribution in [3.05, 3.63) is 59.1 Å². The first-order valence-electron chi connectivity index (χ1n) is 12.6. The molecule has 2 saturated heterocycles. The van der Waals surface area contributed by atoms with Crippen LogP contribution in [0.3, 0.4) is 0 Å². The van der Waals surface area contributed by atoms with Gasteiger partial charge in [0, 0.05) is 32.2 Å². The van der Waals surface area contributed by atoms with E-state index < -0.39 is 23.5 Å². The van der Waals surface area contributed by atoms with E-state index in [-0.39, 0.29) is 17.7 Å². The molecule has 0 saturated carbocycles. The summed E-state index contributed by atoms with van der Waals surface area (Å²) in [6.45, 7) is 2.62. The number of oxazole rings is 1. The summed E-state index contributed by atoms with van der Waals surface area (Å²) in [6.07, 6.45) is 1.04. The predicted molar refractivity (Wildman–Crippen MR) is 140 cm³/mol. The van der Waals surface area contributed by atoms with E-state index in [1.165, 1.54) is 6.20 Å². The number of amides is 1. The molecule has 2 N–H and O–H groups in total. The SMILES string of the molecule is O=C(Nc1ccc(N2CCC(Nc3ccccc3Cl)CC2)nc1)c1oc(N2CCCCC2)nc1C(F)(F)F. The Kier molecular flexibility index (Phi) is 7.64. The van der Waals surface area contributed by atoms with Crippen LogP contribution in [0.25, 0.3) is 0 Å². The van der Waals surface area contributed by atoms with Crippen molar-refractivity contribution < 1.29 is 22.4 Å². The average Bonchev–Trinajstić information content (AvgIpc) is 3.38. The van der Waals surface area contributed by atoms with Crippen LogP contribution in [0.4, 0.5) is 36.4 Å². The number of halogens is 4. The number of nitrogens with one attached hydrogen (secondary N) is 2. The fourth-order valence-electron chi connectivity index (χ4n) is 4.76. The maximum Gasteiger partial charge on any atom is 0.437 e. The van der Waals surface area contributed by atoms with E-state index in [9.17, 15) is 18.0 Å². The molecule has 8 nitrogen and oxygen atoms in total. The lowest BCUT2D eigenvalue weighted by molar-refractivity contribution is -0.141. The van der Waals surface area contributed by atoms with Crippen molar-refractivity contribution in [3.8, 4) is 0 Å². The Bertz CT molecular complexity index is 1250. The van der Waals surface area contributed by atoms with Crippen LogP contribution >= 0.6 is 11.6 Å². The van der Waals surface area contributed by atoms with E-state index in [0.717, 1.165) is 56.7 Å². The maximum absolute atomic E-state index is 13.6. The van der Waals surface area contributed by atoms with E-state index in [1.54, 1.807) is 17.0 Å². The van der Waals surface area contributed by atoms with E-state index in [0.29, 0.717) is 18.1 Å². The summed E-state index contributed by atoms with van der Waals surface area (Å²) in [6, 6.07) is 11.1. The van der Waals surface area contributed by atoms with E-state index in [4.69, 9.17) is 16.0 Å². The number of piperidine rings is 2. The first kappa shape index (κ1) is 26.1. The largest absolute Gasteiger partial charge is 0.437 e. The molecule has 38 heavy (non-hydrogen) atoms. The van der Waals surface area contributed by atoms with Gasteiger partial charge >= 0.3 is 6.18 Å². The van der Waals surface area contributed by atoms with Crippen LogP contribution in [0.1, 0.15) is 48.4 Å². The van der Waals surface area contributed by atoms with Gasteiger partial charge in [-0.15, -0.1) is 0 Å². The number of carbonyl (C=O) groups excluding carboxylic acids is 1. The Morgan fingerprint density at radius 3 is 2.39 bits per heavy atom. The Hall–Kier alpha value is -3.47. The zero-order valence-electron chi connectivity index (χ0n) is 20.6. The number of rotatable bonds is 6. The monoisotopic (exact) mass is 548 g/mol. The molecule has 4 heterocycles. The third-order valence-corrected chi connectivity index (χ3v) is 7.10. The van der Waals surface area contributed by atoms with Gasteiger partial charge in [0.2, 0.25) is 5.76 Å². The summed E-state index contributed by atoms with van der Waals surface area (Å²) >= 11 is 6.25. The van der Waals surface area contributed by atoms with E-state index in [1.807, 2.05) is 24.3 Å². The van der Waals surface area contributed by atoms with Gasteiger partial charge < -0.3 is 24.9 Å². The quantitative estimate of drug-likeness (QED) is 0.387. The summed E-state index contributed by atoms with van der Waals surface area (Å²) < 4.78 is 46.2. The van der Waals surface area contributed by atoms with Crippen LogP contribution in [0.5, 0.6) is 0 Å². The van der Waals surface area contributed by atoms with E-state index in [2.05, 4.69) is 25.5 Å². The number of benzene rings is 1. The number of hydrogen-bond donors (Lipinski definition) is 2. The maximum atomic E-state index is 13.6. The third kappa shape index (κ3) is 5.98. The molecule has 0 spiro atoms. The van der Waals surface area contributed by atoms with Gasteiger partial charge in [-0.3, -0.25) is 4.79 Å². The molecule has 2 aliphatic rings. The zero-order chi connectivity index (χ0) is 26.7. The van der Waals surface area contributed by atoms with Crippen LogP contribution in [0.2, 0.25) is 5.02 Å². The van der Waals surface area contributed by atoms with Crippen LogP contribution < -0.4 is 20.4 Å². The Balaban J connectivity index is 1.21. The van der Waals surface area contributed by atoms with Crippen molar-refractivity contribution in [1.29, 1.82) is 0 Å². The van der Waals surface area contributed by atoms with Gasteiger partial charge in [-0.25, -0.2) is 4.98 Å². The van der Waals surface area contributed by atoms with Crippen LogP contribution in [0.15, 0.2) is 47.0 Å². The van der Waals surface area contributed by atoms with Gasteiger partial charge in [-0.05, 0) is 56.4 Å². The number of aromatic nitrogens is 2. The second kappa shape index (κ2) is 11.1. The zero-order valence-corrected chi connectivity index (χ0v) is 21.4. The Morgan fingerprint density at radius 1 is 1.00 bits per heavy atom. The number of hydrogen-bond acceptors (Lipinski definition) is 7. The second-order valence-corrected chi connectivity index (χ2v) is 9.87. The van der Waals surface area contributed by atoms with Gasteiger partial charge in [0.25, 0.3) is 11.9 Å². The number of pyridine rings is 1. The summed E-state index contributed by atoms with van der Waals surface area (Å²) in [7, 11) is 0. The Labute approximate surface area is 223 Å². The van der Waals surface area contributed by atoms with Crippen molar-refractivity contribution in [3.63, 3.8) is 0 Å². The summed E-state index contributed by atoms with van der Waals surface area (Å²) in [5.74, 6) is -1.15. The summed E-state index contributed by atoms with van der Waals surface area (Å²) in [5, 5.41) is 6.63. The van der Waals surface area contributed by atoms with Gasteiger partial charge in [-0.2, -0.15) is 18.2 Å². The standard InChI is InChI=1S/C26H28ClF3N6O2/c27-19-6-2-3-7-20(19)32-17-10-14-35(15-11-17)21-9-8-18(16-31-21)33-24(37)22-23(26(28,29)30)34-25(38-22)36-12-4-1-5-13-36/h2-3,6-9,16-17,32H,1,4-5,10-15H2,(H,33,37). The molecule has 2 aliphatic heterocycles. The number of alkyl halides is 3. The topological polar surface area (TPSA) is 86.5 Å². The highest BCUT2D eigenvalue weighted by Gasteiger charge is 2.42. The van der Waals surface area contributed by atoms with Gasteiger partial charge in [0.15, 0.2) is 5.69 Å². The lowest BCUT2D eigenvalue weighted by atomic mass is 10.0. The molecule has 1 aromatic carbocycles. The van der Waals surface area contributed by atoms with Crippen LogP contribution in [-0.2, 0) is 6.18 Å². The number of para-hydroxylation sites is 1. The number of nitrogens with zero attached hydrogens (tertiary/aromatic N) is 4. The fraction of sp³-hybridized carbons (Fsp3) is 0.423. The van der Waals surface area contributed by atoms with Crippen LogP contribution in [0, 0.1) is 0 Å². The molecule has 5 rings (SSSR count). The molecule has 2 aromatic heterocycles. The molecule has 0 bridgehead atoms. The molecule has 3 aromatic rings. The van der Waals surface area contributed by atoms with E-state index >= 15 is 0 Å². The number of anilines is 4. The van der Waals surface area contributed by atoms with Crippen molar-refractivity contribution >= 4 is 40.7 Å². The minimum Gasteiger partial charge on any atom is -0.417 e. The molecule has 0 radical (unpaired) electrons. The highest BCUT2D eigenvalue weighted by atomic mass is 35.5. The molecular formula is C26H28ClF3N6O2. The molecule has 202 valence electrons. The minimum absolute atomic E-state index is 0.178. The molecule has 0 atom stereocenters. The lowest BCUT2D eigenvalue weighted by Crippen LogP contribution is -2.39. The summed E-state index contributed by atoms with van der Waals surface area (Å²) in [5.41, 5.74) is -0.152. The summed E-state index contributed by atoms with van der Waals surface area (Å²) in [4.78, 5) is 24.6. The number of carbonyl (C=O) groups is 1.